The second-order valence-corrected chi connectivity index (χ2v) is 21.6. The maximum absolute atomic E-state index is 13.8. The molecule has 2 bridgehead atoms. The molecule has 220 valence electrons. The molecule has 2 heterocycles. The Hall–Kier alpha value is -0.0931. The van der Waals surface area contributed by atoms with Gasteiger partial charge in [0.2, 0.25) is 0 Å². The van der Waals surface area contributed by atoms with Gasteiger partial charge >= 0.3 is 7.67 Å². The van der Waals surface area contributed by atoms with Crippen LogP contribution in [0.5, 0.6) is 0 Å². The molecule has 6 unspecified atom stereocenters. The Kier molecular flexibility index (Phi) is 8.63. The van der Waals surface area contributed by atoms with Gasteiger partial charge in [-0.2, -0.15) is 0 Å². The van der Waals surface area contributed by atoms with Crippen molar-refractivity contribution in [2.45, 2.75) is 108 Å². The number of nitrogens with zero attached hydrogens (tertiary/aromatic N) is 2. The number of methoxy groups -OCH3 is 1. The molecular weight excluding hydrogens is 519 g/mol. The highest BCUT2D eigenvalue weighted by molar-refractivity contribution is 7.53. The monoisotopic (exact) mass is 572 g/mol. The third-order valence-electron chi connectivity index (χ3n) is 10.3. The van der Waals surface area contributed by atoms with Crippen molar-refractivity contribution in [2.24, 2.45) is 17.3 Å². The van der Waals surface area contributed by atoms with E-state index in [1.807, 2.05) is 28.2 Å². The summed E-state index contributed by atoms with van der Waals surface area (Å²) in [5, 5.41) is 0.0472. The van der Waals surface area contributed by atoms with E-state index in [0.717, 1.165) is 32.1 Å². The molecule has 10 heteroatoms. The lowest BCUT2D eigenvalue weighted by molar-refractivity contribution is -0.270. The quantitative estimate of drug-likeness (QED) is 0.182. The highest BCUT2D eigenvalue weighted by Gasteiger charge is 2.68. The van der Waals surface area contributed by atoms with Gasteiger partial charge in [-0.05, 0) is 65.6 Å². The van der Waals surface area contributed by atoms with Crippen LogP contribution in [0.1, 0.15) is 65.7 Å². The predicted molar refractivity (Wildman–Crippen MR) is 153 cm³/mol. The third-order valence-corrected chi connectivity index (χ3v) is 17.3. The maximum Gasteiger partial charge on any atom is 0.345 e. The summed E-state index contributed by atoms with van der Waals surface area (Å²) in [4.78, 5) is 0. The molecule has 38 heavy (non-hydrogen) atoms. The summed E-state index contributed by atoms with van der Waals surface area (Å²) in [5.74, 6) is 0.236. The van der Waals surface area contributed by atoms with Crippen molar-refractivity contribution in [3.05, 3.63) is 12.2 Å². The van der Waals surface area contributed by atoms with Crippen LogP contribution in [-0.2, 0) is 27.7 Å². The molecule has 0 aromatic carbocycles. The van der Waals surface area contributed by atoms with Gasteiger partial charge in [-0.15, -0.1) is 0 Å². The first kappa shape index (κ1) is 30.9. The van der Waals surface area contributed by atoms with Gasteiger partial charge in [0.05, 0.1) is 12.7 Å². The Morgan fingerprint density at radius 3 is 2.21 bits per heavy atom. The fraction of sp³-hybridized carbons (Fsp3) is 0.929. The summed E-state index contributed by atoms with van der Waals surface area (Å²) >= 11 is 0. The van der Waals surface area contributed by atoms with Gasteiger partial charge in [-0.25, -0.2) is 9.34 Å². The van der Waals surface area contributed by atoms with E-state index in [0.29, 0.717) is 13.0 Å². The fourth-order valence-electron chi connectivity index (χ4n) is 7.21. The molecule has 4 fully saturated rings. The van der Waals surface area contributed by atoms with E-state index < -0.39 is 27.9 Å². The Morgan fingerprint density at radius 1 is 1.08 bits per heavy atom. The zero-order chi connectivity index (χ0) is 28.3. The number of fused-ring (bicyclic) bond motifs is 4. The van der Waals surface area contributed by atoms with E-state index in [-0.39, 0.29) is 34.7 Å². The second-order valence-electron chi connectivity index (χ2n) is 14.1. The molecule has 0 aromatic rings. The lowest BCUT2D eigenvalue weighted by Gasteiger charge is -2.50. The summed E-state index contributed by atoms with van der Waals surface area (Å²) in [5.41, 5.74) is 0.422. The van der Waals surface area contributed by atoms with Crippen molar-refractivity contribution in [3.8, 4) is 0 Å². The van der Waals surface area contributed by atoms with Gasteiger partial charge in [0.15, 0.2) is 20.9 Å². The zero-order valence-electron chi connectivity index (χ0n) is 25.5. The summed E-state index contributed by atoms with van der Waals surface area (Å²) in [6.07, 6.45) is 6.18. The van der Waals surface area contributed by atoms with Gasteiger partial charge in [0.25, 0.3) is 0 Å². The highest BCUT2D eigenvalue weighted by atomic mass is 31.2. The first-order chi connectivity index (χ1) is 17.5. The van der Waals surface area contributed by atoms with E-state index in [9.17, 15) is 4.57 Å². The molecule has 0 N–H and O–H groups in total. The van der Waals surface area contributed by atoms with Crippen LogP contribution in [0.25, 0.3) is 0 Å². The van der Waals surface area contributed by atoms with Crippen LogP contribution in [0.4, 0.5) is 0 Å². The molecule has 2 saturated carbocycles. The van der Waals surface area contributed by atoms with E-state index in [2.05, 4.69) is 33.9 Å². The number of rotatable bonds is 9. The standard InChI is InChI=1S/C28H53N2O6PSi/c1-20-21-17-22(34-25-28(21,18-23(32-9)35-25)36-38(10,11)26(2,3)4)24(20)27(15-13-12-14-16-27)19-33-37(31,29(5)6)30(7)8/h21-25H,1,12-19H2,2-11H3. The molecule has 0 amide bonds. The van der Waals surface area contributed by atoms with Crippen LogP contribution in [0, 0.1) is 17.3 Å². The zero-order valence-corrected chi connectivity index (χ0v) is 27.4. The maximum atomic E-state index is 13.8. The highest BCUT2D eigenvalue weighted by Crippen LogP contribution is 2.64. The Labute approximate surface area is 232 Å². The molecule has 0 aromatic heterocycles. The molecule has 4 rings (SSSR count). The van der Waals surface area contributed by atoms with Crippen LogP contribution in [0.15, 0.2) is 12.2 Å². The van der Waals surface area contributed by atoms with Crippen molar-refractivity contribution >= 4 is 16.0 Å². The summed E-state index contributed by atoms with van der Waals surface area (Å²) in [6.45, 7) is 16.6. The number of hydrogen-bond acceptors (Lipinski definition) is 6. The molecule has 2 aliphatic heterocycles. The van der Waals surface area contributed by atoms with Crippen LogP contribution < -0.4 is 0 Å². The van der Waals surface area contributed by atoms with E-state index in [4.69, 9.17) is 29.7 Å². The normalized spacial score (nSPS) is 35.8. The molecule has 2 saturated heterocycles. The summed E-state index contributed by atoms with van der Waals surface area (Å²) in [7, 11) is 3.71. The van der Waals surface area contributed by atoms with Crippen LogP contribution in [0.2, 0.25) is 18.1 Å². The second kappa shape index (κ2) is 10.6. The first-order valence-electron chi connectivity index (χ1n) is 14.4. The Bertz CT molecular complexity index is 919. The van der Waals surface area contributed by atoms with Crippen LogP contribution >= 0.6 is 7.67 Å². The number of ether oxygens (including phenoxy) is 3. The van der Waals surface area contributed by atoms with Crippen molar-refractivity contribution in [1.82, 2.24) is 9.34 Å². The average Bonchev–Trinajstić information content (AvgIpc) is 3.33. The average molecular weight is 573 g/mol. The minimum atomic E-state index is -3.12. The molecule has 2 aliphatic carbocycles. The van der Waals surface area contributed by atoms with E-state index in [1.165, 1.54) is 12.0 Å². The van der Waals surface area contributed by atoms with Gasteiger partial charge in [0, 0.05) is 30.8 Å². The summed E-state index contributed by atoms with van der Waals surface area (Å²) < 4.78 is 49.9. The van der Waals surface area contributed by atoms with Gasteiger partial charge in [-0.3, -0.25) is 4.57 Å². The number of hydrogen-bond donors (Lipinski definition) is 0. The van der Waals surface area contributed by atoms with Gasteiger partial charge in [0.1, 0.15) is 5.60 Å². The Balaban J connectivity index is 1.69. The molecule has 8 nitrogen and oxygen atoms in total. The fourth-order valence-corrected chi connectivity index (χ4v) is 10.4. The van der Waals surface area contributed by atoms with E-state index in [1.54, 1.807) is 16.5 Å². The lowest BCUT2D eigenvalue weighted by atomic mass is 9.63. The van der Waals surface area contributed by atoms with Crippen molar-refractivity contribution in [1.29, 1.82) is 0 Å². The SMILES string of the molecule is C=C1C(C2(COP(=O)(N(C)C)N(C)C)CCCCC2)C2CC1C1(O[Si](C)(C)C(C)(C)C)CC(OC)OC1O2. The van der Waals surface area contributed by atoms with Crippen LogP contribution in [0.3, 0.4) is 0 Å². The Morgan fingerprint density at radius 2 is 1.68 bits per heavy atom. The summed E-state index contributed by atoms with van der Waals surface area (Å²) in [6, 6.07) is 0. The molecule has 0 spiro atoms. The van der Waals surface area contributed by atoms with E-state index >= 15 is 0 Å². The van der Waals surface area contributed by atoms with Crippen molar-refractivity contribution < 1.29 is 27.7 Å². The lowest BCUT2D eigenvalue weighted by Crippen LogP contribution is -2.59. The molecule has 6 atom stereocenters. The molecular formula is C28H53N2O6PSi. The predicted octanol–water partition coefficient (Wildman–Crippen LogP) is 6.26. The smallest absolute Gasteiger partial charge is 0.345 e. The molecule has 0 radical (unpaired) electrons. The molecule has 4 aliphatic rings. The van der Waals surface area contributed by atoms with Gasteiger partial charge < -0.3 is 23.2 Å². The van der Waals surface area contributed by atoms with Crippen molar-refractivity contribution in [3.63, 3.8) is 0 Å². The van der Waals surface area contributed by atoms with Crippen molar-refractivity contribution in [2.75, 3.05) is 41.9 Å². The first-order valence-corrected chi connectivity index (χ1v) is 18.8. The van der Waals surface area contributed by atoms with Crippen LogP contribution in [-0.4, -0.2) is 83.9 Å². The topological polar surface area (TPSA) is 69.7 Å². The third kappa shape index (κ3) is 5.07. The minimum absolute atomic E-state index is 0.0240. The van der Waals surface area contributed by atoms with Gasteiger partial charge in [-0.1, -0.05) is 52.2 Å². The largest absolute Gasteiger partial charge is 0.405 e. The minimum Gasteiger partial charge on any atom is -0.405 e.